The van der Waals surface area contributed by atoms with Gasteiger partial charge in [0.1, 0.15) is 11.9 Å². The van der Waals surface area contributed by atoms with Crippen LogP contribution in [0.2, 0.25) is 10.0 Å². The molecule has 4 rings (SSSR count). The lowest BCUT2D eigenvalue weighted by atomic mass is 10.1. The molecule has 1 aliphatic rings. The molecule has 0 aliphatic carbocycles. The number of sulfone groups is 1. The second-order valence-corrected chi connectivity index (χ2v) is 11.4. The Labute approximate surface area is 209 Å². The minimum Gasteiger partial charge on any atom is -0.490 e. The van der Waals surface area contributed by atoms with Gasteiger partial charge in [-0.2, -0.15) is 0 Å². The number of aromatic amines is 1. The maximum Gasteiger partial charge on any atom is 0.253 e. The number of hydrogen-bond acceptors (Lipinski definition) is 5. The van der Waals surface area contributed by atoms with Crippen LogP contribution in [0.4, 0.5) is 0 Å². The van der Waals surface area contributed by atoms with E-state index < -0.39 is 9.84 Å². The lowest BCUT2D eigenvalue weighted by molar-refractivity contribution is 0.0936. The largest absolute Gasteiger partial charge is 0.490 e. The number of fused-ring (bicyclic) bond motifs is 1. The van der Waals surface area contributed by atoms with Crippen LogP contribution in [0.3, 0.4) is 0 Å². The van der Waals surface area contributed by atoms with Crippen LogP contribution in [-0.2, 0) is 9.84 Å². The van der Waals surface area contributed by atoms with Crippen molar-refractivity contribution in [3.63, 3.8) is 0 Å². The second kappa shape index (κ2) is 10.6. The van der Waals surface area contributed by atoms with Crippen molar-refractivity contribution in [2.45, 2.75) is 30.3 Å². The van der Waals surface area contributed by atoms with E-state index in [1.165, 1.54) is 6.07 Å². The molecule has 0 saturated carbocycles. The fourth-order valence-electron chi connectivity index (χ4n) is 4.12. The lowest BCUT2D eigenvalue weighted by Crippen LogP contribution is -2.39. The molecule has 1 fully saturated rings. The predicted octanol–water partition coefficient (Wildman–Crippen LogP) is 4.54. The van der Waals surface area contributed by atoms with Crippen LogP contribution < -0.4 is 10.1 Å². The molecule has 2 aromatic carbocycles. The fourth-order valence-corrected chi connectivity index (χ4v) is 5.05. The molecule has 2 N–H and O–H groups in total. The van der Waals surface area contributed by atoms with Crippen molar-refractivity contribution in [3.8, 4) is 5.75 Å². The molecule has 34 heavy (non-hydrogen) atoms. The number of benzene rings is 2. The fraction of sp³-hybridized carbons (Fsp3) is 0.375. The standard InChI is InChI=1S/C24H27Cl2N3O4S/c1-34(31,32)18-4-5-19-20(15-28-23(19)14-18)24(30)27-9-2-10-29-11-7-16(8-12-29)33-17-3-6-21(25)22(26)13-17/h3-6,13-16,28H,2,7-12H2,1H3,(H,27,30). The van der Waals surface area contributed by atoms with E-state index in [-0.39, 0.29) is 16.9 Å². The molecule has 182 valence electrons. The number of carbonyl (C=O) groups is 1. The van der Waals surface area contributed by atoms with Crippen LogP contribution in [0.15, 0.2) is 47.5 Å². The molecule has 3 aromatic rings. The molecule has 0 radical (unpaired) electrons. The third kappa shape index (κ3) is 6.05. The lowest BCUT2D eigenvalue weighted by Gasteiger charge is -2.32. The summed E-state index contributed by atoms with van der Waals surface area (Å²) in [5.74, 6) is 0.562. The number of ether oxygens (including phenoxy) is 1. The molecular formula is C24H27Cl2N3O4S. The van der Waals surface area contributed by atoms with E-state index in [1.807, 2.05) is 6.07 Å². The summed E-state index contributed by atoms with van der Waals surface area (Å²) in [5.41, 5.74) is 1.13. The van der Waals surface area contributed by atoms with Crippen molar-refractivity contribution in [1.82, 2.24) is 15.2 Å². The van der Waals surface area contributed by atoms with Gasteiger partial charge in [0.2, 0.25) is 0 Å². The van der Waals surface area contributed by atoms with Crippen molar-refractivity contribution in [2.75, 3.05) is 32.4 Å². The highest BCUT2D eigenvalue weighted by Crippen LogP contribution is 2.28. The Bertz CT molecular complexity index is 1280. The summed E-state index contributed by atoms with van der Waals surface area (Å²) in [6.07, 6.45) is 5.62. The zero-order valence-electron chi connectivity index (χ0n) is 18.8. The smallest absolute Gasteiger partial charge is 0.253 e. The van der Waals surface area contributed by atoms with Crippen LogP contribution >= 0.6 is 23.2 Å². The van der Waals surface area contributed by atoms with E-state index in [1.54, 1.807) is 30.5 Å². The number of nitrogens with zero attached hydrogens (tertiary/aromatic N) is 1. The summed E-state index contributed by atoms with van der Waals surface area (Å²) in [6, 6.07) is 10.1. The highest BCUT2D eigenvalue weighted by atomic mass is 35.5. The van der Waals surface area contributed by atoms with Crippen LogP contribution in [0.5, 0.6) is 5.75 Å². The maximum atomic E-state index is 12.6. The van der Waals surface area contributed by atoms with Crippen LogP contribution in [-0.4, -0.2) is 62.7 Å². The Morgan fingerprint density at radius 2 is 1.91 bits per heavy atom. The summed E-state index contributed by atoms with van der Waals surface area (Å²) < 4.78 is 29.5. The average molecular weight is 524 g/mol. The monoisotopic (exact) mass is 523 g/mol. The minimum atomic E-state index is -3.30. The van der Waals surface area contributed by atoms with E-state index in [9.17, 15) is 13.2 Å². The van der Waals surface area contributed by atoms with Crippen molar-refractivity contribution in [1.29, 1.82) is 0 Å². The van der Waals surface area contributed by atoms with Crippen molar-refractivity contribution < 1.29 is 17.9 Å². The first-order chi connectivity index (χ1) is 16.2. The quantitative estimate of drug-likeness (QED) is 0.423. The zero-order chi connectivity index (χ0) is 24.3. The molecule has 0 atom stereocenters. The summed E-state index contributed by atoms with van der Waals surface area (Å²) in [6.45, 7) is 3.33. The number of piperidine rings is 1. The van der Waals surface area contributed by atoms with Crippen molar-refractivity contribution >= 4 is 49.8 Å². The summed E-state index contributed by atoms with van der Waals surface area (Å²) in [4.78, 5) is 18.2. The summed E-state index contributed by atoms with van der Waals surface area (Å²) in [5, 5.41) is 4.67. The Balaban J connectivity index is 1.20. The topological polar surface area (TPSA) is 91.5 Å². The molecule has 0 bridgehead atoms. The van der Waals surface area contributed by atoms with Crippen molar-refractivity contribution in [3.05, 3.63) is 58.2 Å². The Morgan fingerprint density at radius 1 is 1.15 bits per heavy atom. The van der Waals surface area contributed by atoms with Gasteiger partial charge in [-0.3, -0.25) is 4.79 Å². The van der Waals surface area contributed by atoms with Gasteiger partial charge in [0.25, 0.3) is 5.91 Å². The van der Waals surface area contributed by atoms with Crippen LogP contribution in [0.1, 0.15) is 29.6 Å². The van der Waals surface area contributed by atoms with Gasteiger partial charge in [-0.05, 0) is 50.1 Å². The molecular weight excluding hydrogens is 497 g/mol. The second-order valence-electron chi connectivity index (χ2n) is 8.53. The van der Waals surface area contributed by atoms with Crippen LogP contribution in [0.25, 0.3) is 10.9 Å². The molecule has 1 aliphatic heterocycles. The Morgan fingerprint density at radius 3 is 2.62 bits per heavy atom. The highest BCUT2D eigenvalue weighted by Gasteiger charge is 2.21. The van der Waals surface area contributed by atoms with Crippen molar-refractivity contribution in [2.24, 2.45) is 0 Å². The third-order valence-electron chi connectivity index (χ3n) is 5.99. The molecule has 1 saturated heterocycles. The number of nitrogens with one attached hydrogen (secondary N) is 2. The number of H-pyrrole nitrogens is 1. The number of hydrogen-bond donors (Lipinski definition) is 2. The average Bonchev–Trinajstić information content (AvgIpc) is 3.23. The van der Waals surface area contributed by atoms with Gasteiger partial charge >= 0.3 is 0 Å². The number of aromatic nitrogens is 1. The van der Waals surface area contributed by atoms with E-state index >= 15 is 0 Å². The predicted molar refractivity (Wildman–Crippen MR) is 135 cm³/mol. The Hall–Kier alpha value is -2.26. The van der Waals surface area contributed by atoms with Gasteiger partial charge in [-0.15, -0.1) is 0 Å². The van der Waals surface area contributed by atoms with Gasteiger partial charge in [0.05, 0.1) is 20.5 Å². The molecule has 2 heterocycles. The number of carbonyl (C=O) groups excluding carboxylic acids is 1. The molecule has 0 unspecified atom stereocenters. The first-order valence-corrected chi connectivity index (χ1v) is 13.8. The number of rotatable bonds is 8. The normalized spacial score (nSPS) is 15.5. The van der Waals surface area contributed by atoms with E-state index in [0.717, 1.165) is 50.9 Å². The molecule has 7 nitrogen and oxygen atoms in total. The molecule has 10 heteroatoms. The number of amides is 1. The first kappa shape index (κ1) is 24.9. The molecule has 1 amide bonds. The van der Waals surface area contributed by atoms with Crippen LogP contribution in [0, 0.1) is 0 Å². The molecule has 1 aromatic heterocycles. The van der Waals surface area contributed by atoms with E-state index in [2.05, 4.69) is 15.2 Å². The van der Waals surface area contributed by atoms with Gasteiger partial charge in [-0.1, -0.05) is 29.3 Å². The highest BCUT2D eigenvalue weighted by molar-refractivity contribution is 7.90. The minimum absolute atomic E-state index is 0.151. The number of halogens is 2. The van der Waals surface area contributed by atoms with Gasteiger partial charge in [0, 0.05) is 49.1 Å². The van der Waals surface area contributed by atoms with Gasteiger partial charge in [-0.25, -0.2) is 8.42 Å². The summed E-state index contributed by atoms with van der Waals surface area (Å²) >= 11 is 12.0. The molecule has 0 spiro atoms. The Kier molecular flexibility index (Phi) is 7.72. The SMILES string of the molecule is CS(=O)(=O)c1ccc2c(C(=O)NCCCN3CCC(Oc4ccc(Cl)c(Cl)c4)CC3)c[nH]c2c1. The van der Waals surface area contributed by atoms with Gasteiger partial charge < -0.3 is 19.9 Å². The third-order valence-corrected chi connectivity index (χ3v) is 7.84. The maximum absolute atomic E-state index is 12.6. The van der Waals surface area contributed by atoms with E-state index in [0.29, 0.717) is 33.1 Å². The first-order valence-electron chi connectivity index (χ1n) is 11.1. The van der Waals surface area contributed by atoms with Gasteiger partial charge in [0.15, 0.2) is 9.84 Å². The van der Waals surface area contributed by atoms with E-state index in [4.69, 9.17) is 27.9 Å². The zero-order valence-corrected chi connectivity index (χ0v) is 21.1. The number of likely N-dealkylation sites (tertiary alicyclic amines) is 1. The summed E-state index contributed by atoms with van der Waals surface area (Å²) in [7, 11) is -3.30.